The summed E-state index contributed by atoms with van der Waals surface area (Å²) in [4.78, 5) is 20.2. The molecule has 0 aliphatic carbocycles. The molecule has 6 nitrogen and oxygen atoms in total. The number of nitrogens with zero attached hydrogens (tertiary/aromatic N) is 6. The topological polar surface area (TPSA) is 59.7 Å². The van der Waals surface area contributed by atoms with Crippen molar-refractivity contribution < 1.29 is 0 Å². The van der Waals surface area contributed by atoms with Gasteiger partial charge < -0.3 is 9.47 Å². The highest BCUT2D eigenvalue weighted by molar-refractivity contribution is 7.07. The quantitative estimate of drug-likeness (QED) is 0.704. The number of aromatic nitrogens is 5. The molecule has 0 N–H and O–H groups in total. The van der Waals surface area contributed by atoms with Crippen molar-refractivity contribution >= 4 is 17.2 Å². The highest BCUT2D eigenvalue weighted by atomic mass is 32.1. The number of anilines is 1. The molecule has 0 atom stereocenters. The first-order chi connectivity index (χ1) is 12.3. The van der Waals surface area contributed by atoms with Gasteiger partial charge in [-0.3, -0.25) is 0 Å². The van der Waals surface area contributed by atoms with Gasteiger partial charge in [0.15, 0.2) is 0 Å². The predicted molar refractivity (Wildman–Crippen MR) is 99.0 cm³/mol. The lowest BCUT2D eigenvalue weighted by Gasteiger charge is -2.32. The Balaban J connectivity index is 1.43. The maximum absolute atomic E-state index is 4.64. The number of hydrogen-bond acceptors (Lipinski definition) is 6. The first kappa shape index (κ1) is 16.2. The molecule has 0 bridgehead atoms. The van der Waals surface area contributed by atoms with Crippen LogP contribution in [0.1, 0.15) is 42.9 Å². The number of hydrogen-bond donors (Lipinski definition) is 0. The van der Waals surface area contributed by atoms with Crippen LogP contribution in [0.15, 0.2) is 35.7 Å². The standard InChI is InChI=1S/C18H22N6S/c1-2-15-9-17(21-12-20-15)23-6-3-14(4-7-23)18-19-5-8-24(18)10-16-11-25-13-22-16/h5,8-9,11-14H,2-4,6-7,10H2,1H3. The third-order valence-corrected chi connectivity index (χ3v) is 5.45. The molecule has 0 amide bonds. The molecule has 1 aliphatic heterocycles. The van der Waals surface area contributed by atoms with E-state index in [1.807, 2.05) is 11.7 Å². The van der Waals surface area contributed by atoms with Crippen molar-refractivity contribution in [2.75, 3.05) is 18.0 Å². The second kappa shape index (κ2) is 7.31. The molecule has 1 aliphatic rings. The van der Waals surface area contributed by atoms with Gasteiger partial charge in [0.2, 0.25) is 0 Å². The average Bonchev–Trinajstić information content (AvgIpc) is 3.34. The van der Waals surface area contributed by atoms with E-state index >= 15 is 0 Å². The molecule has 130 valence electrons. The van der Waals surface area contributed by atoms with Crippen molar-refractivity contribution in [1.82, 2.24) is 24.5 Å². The van der Waals surface area contributed by atoms with Crippen molar-refractivity contribution in [3.63, 3.8) is 0 Å². The van der Waals surface area contributed by atoms with Crippen LogP contribution in [0, 0.1) is 0 Å². The fourth-order valence-corrected chi connectivity index (χ4v) is 3.97. The SMILES string of the molecule is CCc1cc(N2CCC(c3nccn3Cc3cscn3)CC2)ncn1. The lowest BCUT2D eigenvalue weighted by atomic mass is 9.96. The average molecular weight is 354 g/mol. The van der Waals surface area contributed by atoms with E-state index in [1.54, 1.807) is 17.7 Å². The molecular formula is C18H22N6S. The minimum absolute atomic E-state index is 0.498. The summed E-state index contributed by atoms with van der Waals surface area (Å²) < 4.78 is 2.25. The van der Waals surface area contributed by atoms with Crippen LogP contribution >= 0.6 is 11.3 Å². The summed E-state index contributed by atoms with van der Waals surface area (Å²) in [7, 11) is 0. The number of imidazole rings is 1. The van der Waals surface area contributed by atoms with E-state index in [2.05, 4.69) is 54.0 Å². The number of rotatable bonds is 5. The predicted octanol–water partition coefficient (Wildman–Crippen LogP) is 3.12. The second-order valence-electron chi connectivity index (χ2n) is 6.38. The van der Waals surface area contributed by atoms with E-state index < -0.39 is 0 Å². The molecule has 3 aromatic heterocycles. The number of aryl methyl sites for hydroxylation is 1. The molecule has 25 heavy (non-hydrogen) atoms. The maximum atomic E-state index is 4.64. The molecule has 4 rings (SSSR count). The zero-order chi connectivity index (χ0) is 17.1. The summed E-state index contributed by atoms with van der Waals surface area (Å²) in [6.07, 6.45) is 8.80. The molecule has 0 saturated carbocycles. The second-order valence-corrected chi connectivity index (χ2v) is 7.09. The highest BCUT2D eigenvalue weighted by Crippen LogP contribution is 2.29. The third-order valence-electron chi connectivity index (χ3n) is 4.82. The van der Waals surface area contributed by atoms with Crippen molar-refractivity contribution in [2.45, 2.75) is 38.6 Å². The summed E-state index contributed by atoms with van der Waals surface area (Å²) in [6.45, 7) is 4.95. The van der Waals surface area contributed by atoms with E-state index in [0.717, 1.165) is 56.1 Å². The van der Waals surface area contributed by atoms with Gasteiger partial charge in [-0.2, -0.15) is 0 Å². The first-order valence-electron chi connectivity index (χ1n) is 8.77. The number of thiazole rings is 1. The lowest BCUT2D eigenvalue weighted by Crippen LogP contribution is -2.34. The molecule has 3 aromatic rings. The molecule has 0 aromatic carbocycles. The van der Waals surface area contributed by atoms with Gasteiger partial charge in [0.25, 0.3) is 0 Å². The van der Waals surface area contributed by atoms with E-state index in [0.29, 0.717) is 5.92 Å². The molecule has 0 radical (unpaired) electrons. The van der Waals surface area contributed by atoms with Crippen LogP contribution in [0.3, 0.4) is 0 Å². The zero-order valence-corrected chi connectivity index (χ0v) is 15.2. The Hall–Kier alpha value is -2.28. The lowest BCUT2D eigenvalue weighted by molar-refractivity contribution is 0.467. The summed E-state index contributed by atoms with van der Waals surface area (Å²) in [5, 5.41) is 2.10. The van der Waals surface area contributed by atoms with Gasteiger partial charge in [-0.25, -0.2) is 19.9 Å². The van der Waals surface area contributed by atoms with E-state index in [1.165, 1.54) is 5.82 Å². The van der Waals surface area contributed by atoms with Crippen LogP contribution < -0.4 is 4.90 Å². The molecule has 0 spiro atoms. The Labute approximate surface area is 151 Å². The fraction of sp³-hybridized carbons (Fsp3) is 0.444. The highest BCUT2D eigenvalue weighted by Gasteiger charge is 2.24. The Morgan fingerprint density at radius 1 is 1.12 bits per heavy atom. The van der Waals surface area contributed by atoms with Gasteiger partial charge in [-0.05, 0) is 19.3 Å². The Kier molecular flexibility index (Phi) is 4.74. The van der Waals surface area contributed by atoms with Crippen molar-refractivity contribution in [3.8, 4) is 0 Å². The van der Waals surface area contributed by atoms with E-state index in [4.69, 9.17) is 0 Å². The minimum atomic E-state index is 0.498. The van der Waals surface area contributed by atoms with Crippen LogP contribution in [-0.4, -0.2) is 37.6 Å². The van der Waals surface area contributed by atoms with Crippen molar-refractivity contribution in [1.29, 1.82) is 0 Å². The first-order valence-corrected chi connectivity index (χ1v) is 9.71. The summed E-state index contributed by atoms with van der Waals surface area (Å²) in [5.41, 5.74) is 4.09. The third kappa shape index (κ3) is 3.56. The van der Waals surface area contributed by atoms with Gasteiger partial charge in [-0.15, -0.1) is 11.3 Å². The van der Waals surface area contributed by atoms with E-state index in [9.17, 15) is 0 Å². The van der Waals surface area contributed by atoms with Gasteiger partial charge in [-0.1, -0.05) is 6.92 Å². The molecular weight excluding hydrogens is 332 g/mol. The Morgan fingerprint density at radius 3 is 2.76 bits per heavy atom. The fourth-order valence-electron chi connectivity index (χ4n) is 3.42. The van der Waals surface area contributed by atoms with Gasteiger partial charge >= 0.3 is 0 Å². The van der Waals surface area contributed by atoms with E-state index in [-0.39, 0.29) is 0 Å². The van der Waals surface area contributed by atoms with Crippen LogP contribution in [0.4, 0.5) is 5.82 Å². The normalized spacial score (nSPS) is 15.6. The molecule has 0 unspecified atom stereocenters. The minimum Gasteiger partial charge on any atom is -0.356 e. The Bertz CT molecular complexity index is 805. The zero-order valence-electron chi connectivity index (χ0n) is 14.4. The summed E-state index contributed by atoms with van der Waals surface area (Å²) in [6, 6.07) is 2.11. The van der Waals surface area contributed by atoms with Gasteiger partial charge in [0, 0.05) is 48.5 Å². The van der Waals surface area contributed by atoms with Crippen molar-refractivity contribution in [3.05, 3.63) is 52.9 Å². The smallest absolute Gasteiger partial charge is 0.132 e. The van der Waals surface area contributed by atoms with Gasteiger partial charge in [0.05, 0.1) is 17.7 Å². The molecule has 1 fully saturated rings. The number of piperidine rings is 1. The molecule has 1 saturated heterocycles. The van der Waals surface area contributed by atoms with Crippen LogP contribution in [0.2, 0.25) is 0 Å². The summed E-state index contributed by atoms with van der Waals surface area (Å²) >= 11 is 1.64. The van der Waals surface area contributed by atoms with Crippen LogP contribution in [0.5, 0.6) is 0 Å². The molecule has 7 heteroatoms. The maximum Gasteiger partial charge on any atom is 0.132 e. The van der Waals surface area contributed by atoms with Crippen LogP contribution in [-0.2, 0) is 13.0 Å². The largest absolute Gasteiger partial charge is 0.356 e. The monoisotopic (exact) mass is 354 g/mol. The van der Waals surface area contributed by atoms with Gasteiger partial charge in [0.1, 0.15) is 18.0 Å². The Morgan fingerprint density at radius 2 is 2.00 bits per heavy atom. The molecule has 4 heterocycles. The summed E-state index contributed by atoms with van der Waals surface area (Å²) in [5.74, 6) is 2.73. The van der Waals surface area contributed by atoms with Crippen LogP contribution in [0.25, 0.3) is 0 Å². The van der Waals surface area contributed by atoms with Crippen molar-refractivity contribution in [2.24, 2.45) is 0 Å².